The predicted molar refractivity (Wildman–Crippen MR) is 128 cm³/mol. The lowest BCUT2D eigenvalue weighted by atomic mass is 9.72. The van der Waals surface area contributed by atoms with Crippen LogP contribution in [-0.2, 0) is 28.9 Å². The molecule has 1 unspecified atom stereocenters. The zero-order chi connectivity index (χ0) is 23.8. The Balaban J connectivity index is 1.54. The minimum Gasteiger partial charge on any atom is -0.462 e. The van der Waals surface area contributed by atoms with Gasteiger partial charge >= 0.3 is 5.97 Å². The van der Waals surface area contributed by atoms with E-state index in [-0.39, 0.29) is 24.1 Å². The van der Waals surface area contributed by atoms with Gasteiger partial charge in [0, 0.05) is 10.6 Å². The molecule has 0 radical (unpaired) electrons. The number of carbonyl (C=O) groups is 2. The van der Waals surface area contributed by atoms with Gasteiger partial charge in [0.25, 0.3) is 5.56 Å². The van der Waals surface area contributed by atoms with Crippen LogP contribution >= 0.6 is 11.3 Å². The van der Waals surface area contributed by atoms with E-state index in [0.717, 1.165) is 29.5 Å². The van der Waals surface area contributed by atoms with Crippen LogP contribution in [0.5, 0.6) is 0 Å². The summed E-state index contributed by atoms with van der Waals surface area (Å²) >= 11 is 1.54. The van der Waals surface area contributed by atoms with Crippen LogP contribution in [0.25, 0.3) is 10.2 Å². The first-order valence-electron chi connectivity index (χ1n) is 11.1. The Bertz CT molecular complexity index is 1270. The van der Waals surface area contributed by atoms with E-state index in [9.17, 15) is 14.4 Å². The first kappa shape index (κ1) is 23.1. The lowest BCUT2D eigenvalue weighted by molar-refractivity contribution is -0.117. The van der Waals surface area contributed by atoms with Gasteiger partial charge in [-0.05, 0) is 61.3 Å². The molecule has 3 aromatic rings. The summed E-state index contributed by atoms with van der Waals surface area (Å²) in [6.45, 7) is 8.49. The number of ether oxygens (including phenoxy) is 1. The van der Waals surface area contributed by atoms with E-state index in [0.29, 0.717) is 27.4 Å². The number of fused-ring (bicyclic) bond motifs is 3. The van der Waals surface area contributed by atoms with E-state index in [1.165, 1.54) is 10.9 Å². The standard InChI is InChI=1S/C24H28N4O4S/c1-5-32-23(31)14-7-6-8-16(11-14)25-19(29)13-28-22(30)20-17-10-9-15(24(2,3)4)12-18(17)33-21(20)26-27-28/h6-8,11,15H,5,9-10,12-13H2,1-4H3,(H,25,29). The molecule has 1 aromatic carbocycles. The van der Waals surface area contributed by atoms with Gasteiger partial charge in [-0.15, -0.1) is 16.4 Å². The number of thiophene rings is 1. The maximum Gasteiger partial charge on any atom is 0.338 e. The van der Waals surface area contributed by atoms with E-state index in [1.807, 2.05) is 0 Å². The summed E-state index contributed by atoms with van der Waals surface area (Å²) in [6.07, 6.45) is 2.81. The van der Waals surface area contributed by atoms with Gasteiger partial charge in [-0.3, -0.25) is 9.59 Å². The fourth-order valence-electron chi connectivity index (χ4n) is 4.24. The maximum absolute atomic E-state index is 13.2. The molecule has 0 saturated heterocycles. The van der Waals surface area contributed by atoms with Crippen molar-refractivity contribution in [3.05, 3.63) is 50.6 Å². The third kappa shape index (κ3) is 4.83. The highest BCUT2D eigenvalue weighted by Gasteiger charge is 2.32. The molecule has 2 aromatic heterocycles. The van der Waals surface area contributed by atoms with Gasteiger partial charge in [-0.25, -0.2) is 9.48 Å². The van der Waals surface area contributed by atoms with E-state index in [2.05, 4.69) is 36.4 Å². The first-order valence-corrected chi connectivity index (χ1v) is 11.9. The first-order chi connectivity index (χ1) is 15.7. The molecule has 2 heterocycles. The van der Waals surface area contributed by atoms with Crippen molar-refractivity contribution < 1.29 is 14.3 Å². The number of esters is 1. The number of nitrogens with zero attached hydrogens (tertiary/aromatic N) is 3. The van der Waals surface area contributed by atoms with Crippen LogP contribution in [-0.4, -0.2) is 33.5 Å². The Morgan fingerprint density at radius 3 is 2.82 bits per heavy atom. The number of carbonyl (C=O) groups excluding carboxylic acids is 2. The third-order valence-electron chi connectivity index (χ3n) is 6.11. The number of benzene rings is 1. The van der Waals surface area contributed by atoms with E-state index >= 15 is 0 Å². The van der Waals surface area contributed by atoms with Gasteiger partial charge in [0.1, 0.15) is 6.54 Å². The van der Waals surface area contributed by atoms with Crippen molar-refractivity contribution in [3.8, 4) is 0 Å². The molecule has 1 N–H and O–H groups in total. The quantitative estimate of drug-likeness (QED) is 0.571. The summed E-state index contributed by atoms with van der Waals surface area (Å²) < 4.78 is 6.10. The van der Waals surface area contributed by atoms with Crippen LogP contribution in [0.15, 0.2) is 29.1 Å². The summed E-state index contributed by atoms with van der Waals surface area (Å²) in [5, 5.41) is 11.5. The molecule has 0 aliphatic heterocycles. The van der Waals surface area contributed by atoms with Crippen molar-refractivity contribution in [2.24, 2.45) is 11.3 Å². The van der Waals surface area contributed by atoms with E-state index < -0.39 is 11.9 Å². The predicted octanol–water partition coefficient (Wildman–Crippen LogP) is 3.82. The molecule has 1 aliphatic carbocycles. The van der Waals surface area contributed by atoms with Crippen molar-refractivity contribution in [3.63, 3.8) is 0 Å². The highest BCUT2D eigenvalue weighted by Crippen LogP contribution is 2.41. The molecule has 33 heavy (non-hydrogen) atoms. The summed E-state index contributed by atoms with van der Waals surface area (Å²) in [7, 11) is 0. The second-order valence-corrected chi connectivity index (χ2v) is 10.5. The average molecular weight is 469 g/mol. The summed E-state index contributed by atoms with van der Waals surface area (Å²) in [5.41, 5.74) is 1.76. The van der Waals surface area contributed by atoms with Gasteiger partial charge in [0.2, 0.25) is 5.91 Å². The number of hydrogen-bond acceptors (Lipinski definition) is 7. The largest absolute Gasteiger partial charge is 0.462 e. The molecule has 8 nitrogen and oxygen atoms in total. The minimum atomic E-state index is -0.461. The van der Waals surface area contributed by atoms with Crippen molar-refractivity contribution in [1.82, 2.24) is 15.0 Å². The molecule has 1 atom stereocenters. The number of aryl methyl sites for hydroxylation is 1. The second kappa shape index (κ2) is 9.05. The van der Waals surface area contributed by atoms with Crippen molar-refractivity contribution >= 4 is 39.1 Å². The van der Waals surface area contributed by atoms with Crippen LogP contribution in [0, 0.1) is 11.3 Å². The summed E-state index contributed by atoms with van der Waals surface area (Å²) in [6, 6.07) is 6.47. The average Bonchev–Trinajstić information content (AvgIpc) is 3.14. The van der Waals surface area contributed by atoms with Gasteiger partial charge in [0.15, 0.2) is 4.83 Å². The zero-order valence-electron chi connectivity index (χ0n) is 19.3. The molecule has 9 heteroatoms. The highest BCUT2D eigenvalue weighted by atomic mass is 32.1. The zero-order valence-corrected chi connectivity index (χ0v) is 20.1. The van der Waals surface area contributed by atoms with Crippen LogP contribution in [0.2, 0.25) is 0 Å². The highest BCUT2D eigenvalue weighted by molar-refractivity contribution is 7.18. The van der Waals surface area contributed by atoms with Crippen molar-refractivity contribution in [2.75, 3.05) is 11.9 Å². The van der Waals surface area contributed by atoms with Crippen LogP contribution in [0.4, 0.5) is 5.69 Å². The monoisotopic (exact) mass is 468 g/mol. The molecule has 1 amide bonds. The molecule has 0 fully saturated rings. The molecular weight excluding hydrogens is 440 g/mol. The Kier molecular flexibility index (Phi) is 6.34. The topological polar surface area (TPSA) is 103 Å². The van der Waals surface area contributed by atoms with Gasteiger partial charge in [-0.1, -0.05) is 32.1 Å². The fourth-order valence-corrected chi connectivity index (χ4v) is 5.48. The summed E-state index contributed by atoms with van der Waals surface area (Å²) in [5.74, 6) is -0.329. The number of anilines is 1. The number of aromatic nitrogens is 3. The van der Waals surface area contributed by atoms with E-state index in [4.69, 9.17) is 4.74 Å². The lowest BCUT2D eigenvalue weighted by Crippen LogP contribution is -2.31. The number of rotatable bonds is 5. The molecule has 174 valence electrons. The Morgan fingerprint density at radius 2 is 2.09 bits per heavy atom. The maximum atomic E-state index is 13.2. The van der Waals surface area contributed by atoms with Gasteiger partial charge in [0.05, 0.1) is 17.6 Å². The SMILES string of the molecule is CCOC(=O)c1cccc(NC(=O)Cn2nnc3sc4c(c3c2=O)CCC(C(C)(C)C)C4)c1. The van der Waals surface area contributed by atoms with Crippen molar-refractivity contribution in [2.45, 2.75) is 53.5 Å². The molecule has 1 aliphatic rings. The fraction of sp³-hybridized carbons (Fsp3) is 0.458. The number of nitrogens with one attached hydrogen (secondary N) is 1. The molecular formula is C24H28N4O4S. The Morgan fingerprint density at radius 1 is 1.30 bits per heavy atom. The van der Waals surface area contributed by atoms with Gasteiger partial charge in [-0.2, -0.15) is 0 Å². The third-order valence-corrected chi connectivity index (χ3v) is 7.25. The second-order valence-electron chi connectivity index (χ2n) is 9.39. The Hall–Kier alpha value is -3.07. The van der Waals surface area contributed by atoms with Crippen LogP contribution in [0.1, 0.15) is 54.9 Å². The number of hydrogen-bond donors (Lipinski definition) is 1. The number of amides is 1. The van der Waals surface area contributed by atoms with Gasteiger partial charge < -0.3 is 10.1 Å². The van der Waals surface area contributed by atoms with Crippen LogP contribution in [0.3, 0.4) is 0 Å². The molecule has 0 spiro atoms. The van der Waals surface area contributed by atoms with Crippen LogP contribution < -0.4 is 10.9 Å². The van der Waals surface area contributed by atoms with Crippen molar-refractivity contribution in [1.29, 1.82) is 0 Å². The minimum absolute atomic E-state index is 0.211. The normalized spacial score (nSPS) is 15.8. The summed E-state index contributed by atoms with van der Waals surface area (Å²) in [4.78, 5) is 39.5. The Labute approximate surface area is 196 Å². The smallest absolute Gasteiger partial charge is 0.338 e. The molecule has 0 saturated carbocycles. The molecule has 4 rings (SSSR count). The lowest BCUT2D eigenvalue weighted by Gasteiger charge is -2.33. The van der Waals surface area contributed by atoms with E-state index in [1.54, 1.807) is 36.5 Å². The molecule has 0 bridgehead atoms.